The maximum atomic E-state index is 13.0. The van der Waals surface area contributed by atoms with Crippen molar-refractivity contribution >= 4 is 18.0 Å². The molecule has 0 aliphatic carbocycles. The van der Waals surface area contributed by atoms with Crippen molar-refractivity contribution in [3.63, 3.8) is 0 Å². The molecule has 2 amide bonds. The summed E-state index contributed by atoms with van der Waals surface area (Å²) in [7, 11) is 1.34. The molecule has 2 rings (SSSR count). The molecule has 2 aliphatic heterocycles. The van der Waals surface area contributed by atoms with E-state index in [1.165, 1.54) is 12.0 Å². The molecule has 0 radical (unpaired) electrons. The van der Waals surface area contributed by atoms with Crippen LogP contribution in [0.5, 0.6) is 0 Å². The normalized spacial score (nSPS) is 24.5. The Kier molecular flexibility index (Phi) is 5.64. The van der Waals surface area contributed by atoms with E-state index < -0.39 is 29.7 Å². The fourth-order valence-corrected chi connectivity index (χ4v) is 3.63. The number of likely N-dealkylation sites (tertiary alicyclic amines) is 2. The van der Waals surface area contributed by atoms with E-state index in [0.717, 1.165) is 6.42 Å². The molecule has 7 nitrogen and oxygen atoms in total. The van der Waals surface area contributed by atoms with E-state index in [0.29, 0.717) is 19.5 Å². The van der Waals surface area contributed by atoms with E-state index in [1.54, 1.807) is 25.7 Å². The van der Waals surface area contributed by atoms with Gasteiger partial charge >= 0.3 is 12.1 Å². The van der Waals surface area contributed by atoms with Crippen LogP contribution in [0.2, 0.25) is 0 Å². The third kappa shape index (κ3) is 4.25. The number of fused-ring (bicyclic) bond motifs is 1. The smallest absolute Gasteiger partial charge is 0.410 e. The summed E-state index contributed by atoms with van der Waals surface area (Å²) in [6.07, 6.45) is 0.820. The fourth-order valence-electron chi connectivity index (χ4n) is 3.63. The summed E-state index contributed by atoms with van der Waals surface area (Å²) in [5, 5.41) is 0. The summed E-state index contributed by atoms with van der Waals surface area (Å²) in [5.41, 5.74) is -0.608. The molecule has 0 aromatic heterocycles. The molecule has 7 heteroatoms. The lowest BCUT2D eigenvalue weighted by molar-refractivity contribution is -0.152. The van der Waals surface area contributed by atoms with Gasteiger partial charge in [0.2, 0.25) is 5.91 Å². The van der Waals surface area contributed by atoms with Gasteiger partial charge in [0.25, 0.3) is 0 Å². The van der Waals surface area contributed by atoms with E-state index in [4.69, 9.17) is 9.47 Å². The van der Waals surface area contributed by atoms with Gasteiger partial charge in [-0.1, -0.05) is 13.8 Å². The van der Waals surface area contributed by atoms with Crippen LogP contribution in [0, 0.1) is 11.8 Å². The molecular weight excluding hydrogens is 324 g/mol. The molecule has 2 fully saturated rings. The fraction of sp³-hybridized carbons (Fsp3) is 0.833. The summed E-state index contributed by atoms with van der Waals surface area (Å²) in [6, 6.07) is -1.13. The molecule has 0 aromatic carbocycles. The van der Waals surface area contributed by atoms with Crippen LogP contribution in [-0.4, -0.2) is 65.7 Å². The van der Waals surface area contributed by atoms with Crippen LogP contribution in [0.1, 0.15) is 47.5 Å². The third-order valence-corrected chi connectivity index (χ3v) is 4.66. The van der Waals surface area contributed by atoms with Gasteiger partial charge < -0.3 is 14.4 Å². The predicted octanol–water partition coefficient (Wildman–Crippen LogP) is 2.04. The van der Waals surface area contributed by atoms with Gasteiger partial charge in [0, 0.05) is 19.0 Å². The molecule has 0 N–H and O–H groups in total. The number of ether oxygens (including phenoxy) is 2. The third-order valence-electron chi connectivity index (χ3n) is 4.66. The average molecular weight is 354 g/mol. The molecule has 2 aliphatic rings. The van der Waals surface area contributed by atoms with Gasteiger partial charge in [-0.2, -0.15) is 0 Å². The summed E-state index contributed by atoms with van der Waals surface area (Å²) in [5.74, 6) is -0.283. The maximum Gasteiger partial charge on any atom is 0.410 e. The van der Waals surface area contributed by atoms with Gasteiger partial charge in [-0.15, -0.1) is 0 Å². The van der Waals surface area contributed by atoms with Crippen LogP contribution in [0.4, 0.5) is 4.79 Å². The Labute approximate surface area is 149 Å². The quantitative estimate of drug-likeness (QED) is 0.722. The average Bonchev–Trinajstić information content (AvgIpc) is 3.03. The van der Waals surface area contributed by atoms with E-state index in [1.807, 2.05) is 13.8 Å². The van der Waals surface area contributed by atoms with E-state index >= 15 is 0 Å². The number of carbonyl (C=O) groups is 3. The van der Waals surface area contributed by atoms with Crippen molar-refractivity contribution in [3.05, 3.63) is 0 Å². The zero-order valence-corrected chi connectivity index (χ0v) is 16.1. The van der Waals surface area contributed by atoms with Crippen LogP contribution in [0.3, 0.4) is 0 Å². The summed E-state index contributed by atoms with van der Waals surface area (Å²) < 4.78 is 10.3. The molecule has 142 valence electrons. The Bertz CT molecular complexity index is 540. The van der Waals surface area contributed by atoms with E-state index in [2.05, 4.69) is 0 Å². The zero-order valence-electron chi connectivity index (χ0n) is 16.1. The number of nitrogens with zero attached hydrogens (tertiary/aromatic N) is 2. The Morgan fingerprint density at radius 2 is 1.92 bits per heavy atom. The minimum atomic E-state index is -0.608. The van der Waals surface area contributed by atoms with Crippen LogP contribution < -0.4 is 0 Å². The summed E-state index contributed by atoms with van der Waals surface area (Å²) >= 11 is 0. The number of amides is 2. The van der Waals surface area contributed by atoms with Gasteiger partial charge in [0.05, 0.1) is 7.11 Å². The van der Waals surface area contributed by atoms with Crippen molar-refractivity contribution in [1.82, 2.24) is 9.80 Å². The van der Waals surface area contributed by atoms with Gasteiger partial charge in [-0.25, -0.2) is 9.59 Å². The molecule has 0 saturated carbocycles. The second-order valence-electron chi connectivity index (χ2n) is 8.33. The topological polar surface area (TPSA) is 76.2 Å². The lowest BCUT2D eigenvalue weighted by atomic mass is 10.0. The first-order valence-corrected chi connectivity index (χ1v) is 8.93. The Morgan fingerprint density at radius 3 is 2.44 bits per heavy atom. The lowest BCUT2D eigenvalue weighted by Crippen LogP contribution is -2.49. The molecule has 0 aromatic rings. The molecule has 2 heterocycles. The van der Waals surface area contributed by atoms with Crippen molar-refractivity contribution in [2.75, 3.05) is 20.2 Å². The number of hydrogen-bond donors (Lipinski definition) is 0. The lowest BCUT2D eigenvalue weighted by Gasteiger charge is -2.30. The Morgan fingerprint density at radius 1 is 1.28 bits per heavy atom. The summed E-state index contributed by atoms with van der Waals surface area (Å²) in [4.78, 5) is 40.7. The van der Waals surface area contributed by atoms with Crippen molar-refractivity contribution in [2.24, 2.45) is 11.8 Å². The molecule has 0 unspecified atom stereocenters. The van der Waals surface area contributed by atoms with Gasteiger partial charge in [0.15, 0.2) is 0 Å². The van der Waals surface area contributed by atoms with Crippen molar-refractivity contribution < 1.29 is 23.9 Å². The summed E-state index contributed by atoms with van der Waals surface area (Å²) in [6.45, 7) is 10.4. The second-order valence-corrected chi connectivity index (χ2v) is 8.33. The van der Waals surface area contributed by atoms with Crippen LogP contribution in [0.25, 0.3) is 0 Å². The Balaban J connectivity index is 2.16. The molecule has 25 heavy (non-hydrogen) atoms. The minimum absolute atomic E-state index is 0.0411. The highest BCUT2D eigenvalue weighted by atomic mass is 16.6. The molecule has 0 bridgehead atoms. The number of hydrogen-bond acceptors (Lipinski definition) is 5. The molecule has 2 saturated heterocycles. The first kappa shape index (κ1) is 19.5. The van der Waals surface area contributed by atoms with E-state index in [-0.39, 0.29) is 17.7 Å². The predicted molar refractivity (Wildman–Crippen MR) is 91.8 cm³/mol. The van der Waals surface area contributed by atoms with Crippen molar-refractivity contribution in [1.29, 1.82) is 0 Å². The zero-order chi connectivity index (χ0) is 18.9. The second kappa shape index (κ2) is 7.22. The largest absolute Gasteiger partial charge is 0.467 e. The van der Waals surface area contributed by atoms with E-state index in [9.17, 15) is 14.4 Å². The molecule has 0 spiro atoms. The number of esters is 1. The van der Waals surface area contributed by atoms with Gasteiger partial charge in [-0.05, 0) is 39.5 Å². The number of methoxy groups -OCH3 is 1. The number of carbonyl (C=O) groups excluding carboxylic acids is 3. The van der Waals surface area contributed by atoms with Crippen molar-refractivity contribution in [2.45, 2.75) is 65.1 Å². The highest BCUT2D eigenvalue weighted by Crippen LogP contribution is 2.35. The van der Waals surface area contributed by atoms with Gasteiger partial charge in [-0.3, -0.25) is 9.69 Å². The highest BCUT2D eigenvalue weighted by molar-refractivity contribution is 5.92. The maximum absolute atomic E-state index is 13.0. The Hall–Kier alpha value is -1.79. The van der Waals surface area contributed by atoms with Crippen LogP contribution in [-0.2, 0) is 19.1 Å². The van der Waals surface area contributed by atoms with Crippen LogP contribution in [0.15, 0.2) is 0 Å². The highest BCUT2D eigenvalue weighted by Gasteiger charge is 2.53. The van der Waals surface area contributed by atoms with Crippen LogP contribution >= 0.6 is 0 Å². The first-order valence-electron chi connectivity index (χ1n) is 8.93. The molecular formula is C18H30N2O5. The minimum Gasteiger partial charge on any atom is -0.467 e. The monoisotopic (exact) mass is 354 g/mol. The standard InChI is InChI=1S/C18H30N2O5/c1-11(2)9-13(16(22)24-6)20-10-12-7-8-19(14(12)15(20)21)17(23)25-18(3,4)5/h11-14H,7-10H2,1-6H3/t12-,13+,14-/m0/s1. The SMILES string of the molecule is COC(=O)[C@@H](CC(C)C)N1C[C@@H]2CCN(C(=O)OC(C)(C)C)[C@@H]2C1=O. The molecule has 3 atom stereocenters. The number of rotatable bonds is 4. The van der Waals surface area contributed by atoms with Crippen molar-refractivity contribution in [3.8, 4) is 0 Å². The first-order chi connectivity index (χ1) is 11.5. The van der Waals surface area contributed by atoms with Gasteiger partial charge in [0.1, 0.15) is 17.7 Å².